The van der Waals surface area contributed by atoms with E-state index >= 15 is 0 Å². The zero-order valence-corrected chi connectivity index (χ0v) is 16.2. The molecule has 3 aromatic rings. The number of hydrogen-bond donors (Lipinski definition) is 2. The van der Waals surface area contributed by atoms with E-state index in [9.17, 15) is 4.79 Å². The maximum absolute atomic E-state index is 12.3. The minimum Gasteiger partial charge on any atom is -0.481 e. The maximum atomic E-state index is 12.3. The van der Waals surface area contributed by atoms with E-state index in [2.05, 4.69) is 34.6 Å². The molecule has 0 atom stereocenters. The average Bonchev–Trinajstić information content (AvgIpc) is 3.00. The Kier molecular flexibility index (Phi) is 5.59. The molecular weight excluding hydrogens is 342 g/mol. The van der Waals surface area contributed by atoms with Crippen LogP contribution in [0.25, 0.3) is 10.9 Å². The monoisotopic (exact) mass is 367 g/mol. The molecule has 0 aliphatic rings. The zero-order valence-electron chi connectivity index (χ0n) is 16.2. The first-order valence-electron chi connectivity index (χ1n) is 9.09. The molecule has 2 aromatic heterocycles. The molecule has 1 aromatic carbocycles. The van der Waals surface area contributed by atoms with Crippen molar-refractivity contribution in [3.63, 3.8) is 0 Å². The molecular formula is C20H25N5O2. The van der Waals surface area contributed by atoms with Crippen LogP contribution in [0.2, 0.25) is 0 Å². The smallest absolute Gasteiger partial charge is 0.319 e. The number of urea groups is 1. The van der Waals surface area contributed by atoms with Gasteiger partial charge in [-0.1, -0.05) is 13.8 Å². The molecule has 0 spiro atoms. The Hall–Kier alpha value is -3.09. The zero-order chi connectivity index (χ0) is 19.4. The van der Waals surface area contributed by atoms with Crippen molar-refractivity contribution in [1.82, 2.24) is 20.1 Å². The second-order valence-corrected chi connectivity index (χ2v) is 6.27. The molecule has 27 heavy (non-hydrogen) atoms. The van der Waals surface area contributed by atoms with Crippen molar-refractivity contribution in [3.05, 3.63) is 47.3 Å². The Morgan fingerprint density at radius 2 is 2.00 bits per heavy atom. The van der Waals surface area contributed by atoms with E-state index in [4.69, 9.17) is 4.74 Å². The summed E-state index contributed by atoms with van der Waals surface area (Å²) in [6.45, 7) is 4.62. The Morgan fingerprint density at radius 1 is 1.19 bits per heavy atom. The number of amides is 2. The fraction of sp³-hybridized carbons (Fsp3) is 0.350. The lowest BCUT2D eigenvalue weighted by Crippen LogP contribution is -2.28. The number of methoxy groups -OCH3 is 1. The van der Waals surface area contributed by atoms with Crippen LogP contribution in [-0.4, -0.2) is 27.9 Å². The minimum absolute atomic E-state index is 0.246. The van der Waals surface area contributed by atoms with Gasteiger partial charge in [0.15, 0.2) is 0 Å². The third-order valence-corrected chi connectivity index (χ3v) is 4.58. The Labute approximate surface area is 158 Å². The van der Waals surface area contributed by atoms with Crippen molar-refractivity contribution >= 4 is 22.6 Å². The molecule has 0 aliphatic carbocycles. The van der Waals surface area contributed by atoms with E-state index in [1.165, 1.54) is 0 Å². The molecule has 2 N–H and O–H groups in total. The Morgan fingerprint density at radius 3 is 2.70 bits per heavy atom. The normalized spacial score (nSPS) is 10.8. The molecule has 0 saturated heterocycles. The highest BCUT2D eigenvalue weighted by Gasteiger charge is 2.14. The summed E-state index contributed by atoms with van der Waals surface area (Å²) in [5.74, 6) is 0.566. The highest BCUT2D eigenvalue weighted by atomic mass is 16.5. The van der Waals surface area contributed by atoms with Gasteiger partial charge in [-0.2, -0.15) is 5.10 Å². The summed E-state index contributed by atoms with van der Waals surface area (Å²) < 4.78 is 7.03. The SMILES string of the molecule is CCc1nn(C)c(CC)c1CNC(=O)Nc1ccc2nc(OC)ccc2c1. The number of ether oxygens (including phenoxy) is 1. The molecule has 7 heteroatoms. The van der Waals surface area contributed by atoms with Crippen LogP contribution in [0.4, 0.5) is 10.5 Å². The summed E-state index contributed by atoms with van der Waals surface area (Å²) in [5, 5.41) is 11.3. The molecule has 2 heterocycles. The van der Waals surface area contributed by atoms with Gasteiger partial charge in [0.25, 0.3) is 0 Å². The number of carbonyl (C=O) groups excluding carboxylic acids is 1. The fourth-order valence-electron chi connectivity index (χ4n) is 3.24. The molecule has 7 nitrogen and oxygen atoms in total. The molecule has 3 rings (SSSR count). The largest absolute Gasteiger partial charge is 0.481 e. The van der Waals surface area contributed by atoms with Crippen molar-refractivity contribution in [1.29, 1.82) is 0 Å². The van der Waals surface area contributed by atoms with Gasteiger partial charge in [-0.25, -0.2) is 9.78 Å². The number of aromatic nitrogens is 3. The number of pyridine rings is 1. The number of nitrogens with one attached hydrogen (secondary N) is 2. The summed E-state index contributed by atoms with van der Waals surface area (Å²) in [5.41, 5.74) is 4.81. The third-order valence-electron chi connectivity index (χ3n) is 4.58. The van der Waals surface area contributed by atoms with Crippen LogP contribution in [0.3, 0.4) is 0 Å². The van der Waals surface area contributed by atoms with Crippen molar-refractivity contribution in [3.8, 4) is 5.88 Å². The maximum Gasteiger partial charge on any atom is 0.319 e. The first-order chi connectivity index (χ1) is 13.0. The van der Waals surface area contributed by atoms with E-state index in [1.54, 1.807) is 13.2 Å². The van der Waals surface area contributed by atoms with E-state index in [0.29, 0.717) is 18.1 Å². The molecule has 0 radical (unpaired) electrons. The van der Waals surface area contributed by atoms with Gasteiger partial charge in [0.1, 0.15) is 0 Å². The minimum atomic E-state index is -0.246. The highest BCUT2D eigenvalue weighted by Crippen LogP contribution is 2.20. The van der Waals surface area contributed by atoms with Gasteiger partial charge >= 0.3 is 6.03 Å². The Balaban J connectivity index is 1.68. The number of fused-ring (bicyclic) bond motifs is 1. The lowest BCUT2D eigenvalue weighted by molar-refractivity contribution is 0.251. The fourth-order valence-corrected chi connectivity index (χ4v) is 3.24. The van der Waals surface area contributed by atoms with Crippen LogP contribution in [-0.2, 0) is 26.4 Å². The predicted molar refractivity (Wildman–Crippen MR) is 106 cm³/mol. The van der Waals surface area contributed by atoms with Gasteiger partial charge in [0, 0.05) is 42.0 Å². The first-order valence-corrected chi connectivity index (χ1v) is 9.09. The van der Waals surface area contributed by atoms with Gasteiger partial charge in [-0.3, -0.25) is 4.68 Å². The van der Waals surface area contributed by atoms with Crippen LogP contribution in [0, 0.1) is 0 Å². The lowest BCUT2D eigenvalue weighted by Gasteiger charge is -2.10. The van der Waals surface area contributed by atoms with Crippen LogP contribution in [0.15, 0.2) is 30.3 Å². The van der Waals surface area contributed by atoms with Crippen LogP contribution in [0.5, 0.6) is 5.88 Å². The number of anilines is 1. The van der Waals surface area contributed by atoms with Gasteiger partial charge < -0.3 is 15.4 Å². The summed E-state index contributed by atoms with van der Waals surface area (Å²) in [7, 11) is 3.53. The molecule has 0 saturated carbocycles. The number of benzene rings is 1. The van der Waals surface area contributed by atoms with Crippen molar-refractivity contribution in [2.75, 3.05) is 12.4 Å². The second kappa shape index (κ2) is 8.07. The number of nitrogens with zero attached hydrogens (tertiary/aromatic N) is 3. The van der Waals surface area contributed by atoms with Crippen molar-refractivity contribution in [2.45, 2.75) is 33.2 Å². The molecule has 0 bridgehead atoms. The number of hydrogen-bond acceptors (Lipinski definition) is 4. The molecule has 142 valence electrons. The van der Waals surface area contributed by atoms with E-state index in [1.807, 2.05) is 36.0 Å². The lowest BCUT2D eigenvalue weighted by atomic mass is 10.1. The van der Waals surface area contributed by atoms with Gasteiger partial charge in [-0.15, -0.1) is 0 Å². The van der Waals surface area contributed by atoms with Crippen molar-refractivity contribution < 1.29 is 9.53 Å². The number of rotatable bonds is 6. The molecule has 2 amide bonds. The van der Waals surface area contributed by atoms with E-state index in [-0.39, 0.29) is 6.03 Å². The second-order valence-electron chi connectivity index (χ2n) is 6.27. The van der Waals surface area contributed by atoms with E-state index in [0.717, 1.165) is 40.7 Å². The standard InChI is InChI=1S/C20H25N5O2/c1-5-16-15(18(6-2)25(3)24-16)12-21-20(26)22-14-8-9-17-13(11-14)7-10-19(23-17)27-4/h7-11H,5-6,12H2,1-4H3,(H2,21,22,26). The summed E-state index contributed by atoms with van der Waals surface area (Å²) in [6.07, 6.45) is 1.72. The molecule has 0 fully saturated rings. The molecule has 0 aliphatic heterocycles. The quantitative estimate of drug-likeness (QED) is 0.699. The van der Waals surface area contributed by atoms with Crippen molar-refractivity contribution in [2.24, 2.45) is 7.05 Å². The van der Waals surface area contributed by atoms with Crippen LogP contribution in [0.1, 0.15) is 30.8 Å². The summed E-state index contributed by atoms with van der Waals surface area (Å²) >= 11 is 0. The highest BCUT2D eigenvalue weighted by molar-refractivity contribution is 5.92. The van der Waals surface area contributed by atoms with E-state index < -0.39 is 0 Å². The summed E-state index contributed by atoms with van der Waals surface area (Å²) in [6, 6.07) is 9.05. The number of aryl methyl sites for hydroxylation is 2. The van der Waals surface area contributed by atoms with Crippen LogP contribution < -0.4 is 15.4 Å². The van der Waals surface area contributed by atoms with Gasteiger partial charge in [-0.05, 0) is 37.1 Å². The Bertz CT molecular complexity index is 964. The van der Waals surface area contributed by atoms with Crippen LogP contribution >= 0.6 is 0 Å². The first kappa shape index (κ1) is 18.7. The molecule has 0 unspecified atom stereocenters. The topological polar surface area (TPSA) is 81.1 Å². The number of carbonyl (C=O) groups is 1. The predicted octanol–water partition coefficient (Wildman–Crippen LogP) is 3.42. The van der Waals surface area contributed by atoms with Gasteiger partial charge in [0.2, 0.25) is 5.88 Å². The third kappa shape index (κ3) is 4.02. The van der Waals surface area contributed by atoms with Gasteiger partial charge in [0.05, 0.1) is 18.3 Å². The summed E-state index contributed by atoms with van der Waals surface area (Å²) in [4.78, 5) is 16.7. The average molecular weight is 367 g/mol.